The fraction of sp³-hybridized carbons (Fsp3) is 0.286. The van der Waals surface area contributed by atoms with Crippen LogP contribution in [0.3, 0.4) is 0 Å². The van der Waals surface area contributed by atoms with Crippen LogP contribution in [-0.4, -0.2) is 10.3 Å². The van der Waals surface area contributed by atoms with E-state index in [0.29, 0.717) is 5.25 Å². The van der Waals surface area contributed by atoms with Crippen LogP contribution in [0.25, 0.3) is 0 Å². The van der Waals surface area contributed by atoms with E-state index in [1.165, 1.54) is 16.7 Å². The second-order valence-corrected chi connectivity index (χ2v) is 7.14. The van der Waals surface area contributed by atoms with Crippen molar-refractivity contribution in [2.75, 3.05) is 0 Å². The summed E-state index contributed by atoms with van der Waals surface area (Å²) in [5.41, 5.74) is 5.79. The lowest BCUT2D eigenvalue weighted by Gasteiger charge is -2.15. The van der Waals surface area contributed by atoms with Crippen LogP contribution in [0.4, 0.5) is 0 Å². The minimum atomic E-state index is 0.321. The van der Waals surface area contributed by atoms with E-state index in [-0.39, 0.29) is 0 Å². The largest absolute Gasteiger partial charge is 0.251 e. The van der Waals surface area contributed by atoms with Gasteiger partial charge in [0.05, 0.1) is 5.04 Å². The molecule has 1 rings (SSSR count). The van der Waals surface area contributed by atoms with Crippen LogP contribution < -0.4 is 0 Å². The molecule has 2 heteroatoms. The van der Waals surface area contributed by atoms with Crippen LogP contribution in [0.1, 0.15) is 31.9 Å². The molecule has 0 fully saturated rings. The minimum absolute atomic E-state index is 0.321. The molecule has 0 N–H and O–H groups in total. The maximum atomic E-state index is 4.64. The van der Waals surface area contributed by atoms with Gasteiger partial charge in [0, 0.05) is 10.9 Å². The van der Waals surface area contributed by atoms with Gasteiger partial charge in [-0.3, -0.25) is 4.99 Å². The van der Waals surface area contributed by atoms with E-state index in [2.05, 4.69) is 62.8 Å². The Bertz CT molecular complexity index is 640. The van der Waals surface area contributed by atoms with E-state index < -0.39 is 0 Å². The number of rotatable bonds is 7. The first-order chi connectivity index (χ1) is 10.9. The third kappa shape index (κ3) is 6.07. The molecule has 0 amide bonds. The van der Waals surface area contributed by atoms with Gasteiger partial charge >= 0.3 is 0 Å². The van der Waals surface area contributed by atoms with Crippen molar-refractivity contribution in [3.63, 3.8) is 0 Å². The second kappa shape index (κ2) is 9.36. The number of thioether (sulfide) groups is 1. The van der Waals surface area contributed by atoms with Crippen molar-refractivity contribution in [1.82, 2.24) is 0 Å². The average Bonchev–Trinajstić information content (AvgIpc) is 2.50. The molecule has 0 aliphatic heterocycles. The maximum Gasteiger partial charge on any atom is 0.0709 e. The highest BCUT2D eigenvalue weighted by molar-refractivity contribution is 8.14. The minimum Gasteiger partial charge on any atom is -0.251 e. The fourth-order valence-corrected chi connectivity index (χ4v) is 3.19. The zero-order chi connectivity index (χ0) is 17.4. The van der Waals surface area contributed by atoms with Crippen LogP contribution in [0.2, 0.25) is 0 Å². The Labute approximate surface area is 145 Å². The van der Waals surface area contributed by atoms with Gasteiger partial charge in [0.25, 0.3) is 0 Å². The van der Waals surface area contributed by atoms with Gasteiger partial charge in [-0.1, -0.05) is 61.7 Å². The van der Waals surface area contributed by atoms with Gasteiger partial charge in [-0.15, -0.1) is 11.8 Å². The molecule has 0 spiro atoms. The van der Waals surface area contributed by atoms with E-state index in [9.17, 15) is 0 Å². The molecule has 0 aliphatic carbocycles. The van der Waals surface area contributed by atoms with Crippen molar-refractivity contribution in [1.29, 1.82) is 0 Å². The number of hydrogen-bond acceptors (Lipinski definition) is 2. The number of aliphatic imine (C=N–C) groups is 1. The normalized spacial score (nSPS) is 12.4. The first-order valence-electron chi connectivity index (χ1n) is 7.78. The standard InChI is InChI=1S/C21H27NS/c1-8-20(9-2)17(5)22-19(7)23-18(6)16(4)14-21-13-11-10-12-15(21)3/h8-13,18H,1-2,4,14H2,3,5-7H3/b22-19+. The smallest absolute Gasteiger partial charge is 0.0709 e. The molecule has 122 valence electrons. The second-order valence-electron chi connectivity index (χ2n) is 5.60. The summed E-state index contributed by atoms with van der Waals surface area (Å²) in [7, 11) is 0. The Morgan fingerprint density at radius 2 is 1.83 bits per heavy atom. The van der Waals surface area contributed by atoms with Gasteiger partial charge < -0.3 is 0 Å². The molecule has 0 aliphatic rings. The molecular weight excluding hydrogens is 298 g/mol. The quantitative estimate of drug-likeness (QED) is 0.249. The summed E-state index contributed by atoms with van der Waals surface area (Å²) in [5, 5.41) is 1.35. The third-order valence-electron chi connectivity index (χ3n) is 3.78. The van der Waals surface area contributed by atoms with E-state index in [4.69, 9.17) is 0 Å². The van der Waals surface area contributed by atoms with E-state index in [0.717, 1.165) is 22.7 Å². The van der Waals surface area contributed by atoms with Gasteiger partial charge in [0.1, 0.15) is 0 Å². The van der Waals surface area contributed by atoms with Crippen LogP contribution >= 0.6 is 11.8 Å². The molecule has 1 aromatic rings. The third-order valence-corrected chi connectivity index (χ3v) is 4.90. The summed E-state index contributed by atoms with van der Waals surface area (Å²) in [6.07, 6.45) is 4.47. The molecule has 0 saturated carbocycles. The molecule has 0 radical (unpaired) electrons. The highest BCUT2D eigenvalue weighted by Gasteiger charge is 2.11. The molecule has 1 atom stereocenters. The number of benzene rings is 1. The first-order valence-corrected chi connectivity index (χ1v) is 8.66. The van der Waals surface area contributed by atoms with Crippen LogP contribution in [0.15, 0.2) is 78.0 Å². The summed E-state index contributed by atoms with van der Waals surface area (Å²) in [6, 6.07) is 8.47. The van der Waals surface area contributed by atoms with Gasteiger partial charge in [0.15, 0.2) is 0 Å². The van der Waals surface area contributed by atoms with Crippen molar-refractivity contribution in [3.8, 4) is 0 Å². The SMILES string of the molecule is C=CC(C=C)=C(C)/N=C(\C)SC(C)C(=C)Cc1ccccc1C. The van der Waals surface area contributed by atoms with Crippen LogP contribution in [-0.2, 0) is 6.42 Å². The van der Waals surface area contributed by atoms with Crippen molar-refractivity contribution in [2.45, 2.75) is 39.4 Å². The monoisotopic (exact) mass is 325 g/mol. The van der Waals surface area contributed by atoms with Crippen LogP contribution in [0.5, 0.6) is 0 Å². The Balaban J connectivity index is 2.75. The molecule has 1 unspecified atom stereocenters. The summed E-state index contributed by atoms with van der Waals surface area (Å²) in [5.74, 6) is 0. The van der Waals surface area contributed by atoms with Crippen LogP contribution in [0, 0.1) is 6.92 Å². The summed E-state index contributed by atoms with van der Waals surface area (Å²) in [6.45, 7) is 20.2. The van der Waals surface area contributed by atoms with Gasteiger partial charge in [-0.25, -0.2) is 0 Å². The summed E-state index contributed by atoms with van der Waals surface area (Å²) >= 11 is 1.75. The lowest BCUT2D eigenvalue weighted by Crippen LogP contribution is -2.07. The zero-order valence-electron chi connectivity index (χ0n) is 14.7. The Morgan fingerprint density at radius 1 is 1.22 bits per heavy atom. The van der Waals surface area contributed by atoms with Crippen molar-refractivity contribution in [2.24, 2.45) is 4.99 Å². The number of aryl methyl sites for hydroxylation is 1. The van der Waals surface area contributed by atoms with Crippen molar-refractivity contribution < 1.29 is 0 Å². The first kappa shape index (κ1) is 19.2. The number of nitrogens with zero attached hydrogens (tertiary/aromatic N) is 1. The van der Waals surface area contributed by atoms with E-state index in [1.54, 1.807) is 23.9 Å². The molecule has 0 bridgehead atoms. The molecule has 0 saturated heterocycles. The molecule has 23 heavy (non-hydrogen) atoms. The van der Waals surface area contributed by atoms with Crippen molar-refractivity contribution in [3.05, 3.63) is 84.1 Å². The topological polar surface area (TPSA) is 12.4 Å². The predicted molar refractivity (Wildman–Crippen MR) is 107 cm³/mol. The number of allylic oxidation sites excluding steroid dienone is 4. The fourth-order valence-electron chi connectivity index (χ4n) is 2.24. The van der Waals surface area contributed by atoms with Gasteiger partial charge in [0.2, 0.25) is 0 Å². The predicted octanol–water partition coefficient (Wildman–Crippen LogP) is 6.28. The number of hydrogen-bond donors (Lipinski definition) is 0. The Morgan fingerprint density at radius 3 is 2.39 bits per heavy atom. The highest BCUT2D eigenvalue weighted by Crippen LogP contribution is 2.24. The zero-order valence-corrected chi connectivity index (χ0v) is 15.5. The molecule has 0 heterocycles. The summed E-state index contributed by atoms with van der Waals surface area (Å²) in [4.78, 5) is 4.64. The summed E-state index contributed by atoms with van der Waals surface area (Å²) < 4.78 is 0. The lowest BCUT2D eigenvalue weighted by molar-refractivity contribution is 1.02. The Kier molecular flexibility index (Phi) is 7.84. The molecule has 1 aromatic carbocycles. The Hall–Kier alpha value is -1.80. The lowest BCUT2D eigenvalue weighted by atomic mass is 10.0. The molecule has 0 aromatic heterocycles. The molecular formula is C21H27NS. The van der Waals surface area contributed by atoms with E-state index >= 15 is 0 Å². The highest BCUT2D eigenvalue weighted by atomic mass is 32.2. The molecule has 1 nitrogen and oxygen atoms in total. The van der Waals surface area contributed by atoms with Crippen molar-refractivity contribution >= 4 is 16.8 Å². The van der Waals surface area contributed by atoms with Gasteiger partial charge in [-0.05, 0) is 50.8 Å². The maximum absolute atomic E-state index is 4.64. The average molecular weight is 326 g/mol. The van der Waals surface area contributed by atoms with Gasteiger partial charge in [-0.2, -0.15) is 0 Å². The van der Waals surface area contributed by atoms with E-state index in [1.807, 2.05) is 13.8 Å².